The van der Waals surface area contributed by atoms with Crippen LogP contribution in [0.5, 0.6) is 0 Å². The second kappa shape index (κ2) is 5.95. The van der Waals surface area contributed by atoms with Crippen molar-refractivity contribution in [2.45, 2.75) is 25.9 Å². The Kier molecular flexibility index (Phi) is 4.03. The van der Waals surface area contributed by atoms with Crippen molar-refractivity contribution < 1.29 is 4.74 Å². The van der Waals surface area contributed by atoms with Crippen LogP contribution in [0.15, 0.2) is 12.4 Å². The summed E-state index contributed by atoms with van der Waals surface area (Å²) in [5.41, 5.74) is 1.13. The van der Waals surface area contributed by atoms with Crippen LogP contribution in [0.3, 0.4) is 0 Å². The first-order valence-electron chi connectivity index (χ1n) is 7.32. The Morgan fingerprint density at radius 1 is 1.48 bits per heavy atom. The number of nitrogens with one attached hydrogen (secondary N) is 1. The molecule has 0 bridgehead atoms. The molecule has 0 amide bonds. The minimum absolute atomic E-state index is 0.0754. The maximum absolute atomic E-state index is 5.21. The van der Waals surface area contributed by atoms with Crippen molar-refractivity contribution in [2.75, 3.05) is 20.3 Å². The predicted octanol–water partition coefficient (Wildman–Crippen LogP) is 0.529. The first-order valence-corrected chi connectivity index (χ1v) is 7.32. The number of rotatable bonds is 5. The van der Waals surface area contributed by atoms with Crippen LogP contribution < -0.4 is 5.32 Å². The van der Waals surface area contributed by atoms with Crippen LogP contribution in [-0.4, -0.2) is 44.8 Å². The topological polar surface area (TPSA) is 69.8 Å². The number of nitrogens with zero attached hydrogens (tertiary/aromatic N) is 5. The molecule has 2 aromatic rings. The van der Waals surface area contributed by atoms with Gasteiger partial charge in [-0.3, -0.25) is 4.68 Å². The van der Waals surface area contributed by atoms with E-state index >= 15 is 0 Å². The van der Waals surface area contributed by atoms with Crippen LogP contribution >= 0.6 is 0 Å². The standard InChI is InChI=1S/C14H22N6O/c1-10(9-21-3)6-12-17-18-14-13(15-4-5-20(12)14)11-7-16-19(2)8-11/h7-8,10,13,15H,4-6,9H2,1-3H3. The minimum Gasteiger partial charge on any atom is -0.384 e. The average Bonchev–Trinajstić information content (AvgIpc) is 3.06. The van der Waals surface area contributed by atoms with Crippen LogP contribution in [0.1, 0.15) is 30.2 Å². The fraction of sp³-hybridized carbons (Fsp3) is 0.643. The number of aryl methyl sites for hydroxylation is 1. The lowest BCUT2D eigenvalue weighted by Crippen LogP contribution is -2.35. The molecule has 0 spiro atoms. The highest BCUT2D eigenvalue weighted by molar-refractivity contribution is 5.21. The first kappa shape index (κ1) is 14.2. The molecule has 3 heterocycles. The van der Waals surface area contributed by atoms with Crippen LogP contribution in [0.4, 0.5) is 0 Å². The normalized spacial score (nSPS) is 19.5. The van der Waals surface area contributed by atoms with E-state index in [1.807, 2.05) is 24.1 Å². The number of fused-ring (bicyclic) bond motifs is 1. The van der Waals surface area contributed by atoms with Crippen LogP contribution in [-0.2, 0) is 24.8 Å². The molecule has 2 aromatic heterocycles. The summed E-state index contributed by atoms with van der Waals surface area (Å²) in [5.74, 6) is 2.47. The highest BCUT2D eigenvalue weighted by Crippen LogP contribution is 2.24. The molecule has 1 aliphatic heterocycles. The zero-order chi connectivity index (χ0) is 14.8. The fourth-order valence-electron chi connectivity index (χ4n) is 2.88. The molecule has 2 unspecified atom stereocenters. The van der Waals surface area contributed by atoms with Gasteiger partial charge in [0.1, 0.15) is 5.82 Å². The van der Waals surface area contributed by atoms with E-state index in [2.05, 4.69) is 32.1 Å². The Bertz CT molecular complexity index is 604. The number of hydrogen-bond acceptors (Lipinski definition) is 5. The Hall–Kier alpha value is -1.73. The Morgan fingerprint density at radius 2 is 2.33 bits per heavy atom. The minimum atomic E-state index is 0.0754. The molecule has 0 saturated heterocycles. The van der Waals surface area contributed by atoms with Crippen molar-refractivity contribution in [2.24, 2.45) is 13.0 Å². The number of aromatic nitrogens is 5. The quantitative estimate of drug-likeness (QED) is 0.870. The summed E-state index contributed by atoms with van der Waals surface area (Å²) in [6.45, 7) is 4.74. The van der Waals surface area contributed by atoms with Crippen molar-refractivity contribution in [3.63, 3.8) is 0 Å². The summed E-state index contributed by atoms with van der Waals surface area (Å²) in [4.78, 5) is 0. The van der Waals surface area contributed by atoms with E-state index in [0.717, 1.165) is 43.3 Å². The van der Waals surface area contributed by atoms with Crippen LogP contribution in [0.2, 0.25) is 0 Å². The third-order valence-electron chi connectivity index (χ3n) is 3.84. The van der Waals surface area contributed by atoms with Gasteiger partial charge in [0.2, 0.25) is 0 Å². The largest absolute Gasteiger partial charge is 0.384 e. The third kappa shape index (κ3) is 2.84. The van der Waals surface area contributed by atoms with Gasteiger partial charge in [-0.05, 0) is 5.92 Å². The van der Waals surface area contributed by atoms with Gasteiger partial charge >= 0.3 is 0 Å². The molecule has 114 valence electrons. The predicted molar refractivity (Wildman–Crippen MR) is 77.8 cm³/mol. The van der Waals surface area contributed by atoms with Gasteiger partial charge in [0.15, 0.2) is 5.82 Å². The molecule has 0 aliphatic carbocycles. The second-order valence-electron chi connectivity index (χ2n) is 5.73. The fourth-order valence-corrected chi connectivity index (χ4v) is 2.88. The van der Waals surface area contributed by atoms with E-state index in [1.54, 1.807) is 7.11 Å². The van der Waals surface area contributed by atoms with E-state index < -0.39 is 0 Å². The summed E-state index contributed by atoms with van der Waals surface area (Å²) in [5, 5.41) is 16.5. The molecule has 21 heavy (non-hydrogen) atoms. The molecular formula is C14H22N6O. The van der Waals surface area contributed by atoms with Gasteiger partial charge in [0, 0.05) is 52.0 Å². The molecule has 1 aliphatic rings. The summed E-state index contributed by atoms with van der Waals surface area (Å²) >= 11 is 0. The molecule has 7 nitrogen and oxygen atoms in total. The van der Waals surface area contributed by atoms with Crippen LogP contribution in [0.25, 0.3) is 0 Å². The molecule has 0 radical (unpaired) electrons. The molecule has 0 aromatic carbocycles. The zero-order valence-electron chi connectivity index (χ0n) is 12.8. The smallest absolute Gasteiger partial charge is 0.154 e. The molecule has 3 rings (SSSR count). The molecule has 1 N–H and O–H groups in total. The molecule has 0 saturated carbocycles. The maximum Gasteiger partial charge on any atom is 0.154 e. The van der Waals surface area contributed by atoms with Gasteiger partial charge in [-0.1, -0.05) is 6.92 Å². The van der Waals surface area contributed by atoms with Gasteiger partial charge in [-0.25, -0.2) is 0 Å². The number of ether oxygens (including phenoxy) is 1. The number of methoxy groups -OCH3 is 1. The molecule has 2 atom stereocenters. The maximum atomic E-state index is 5.21. The van der Waals surface area contributed by atoms with Crippen LogP contribution in [0, 0.1) is 5.92 Å². The number of hydrogen-bond donors (Lipinski definition) is 1. The lowest BCUT2D eigenvalue weighted by molar-refractivity contribution is 0.158. The zero-order valence-corrected chi connectivity index (χ0v) is 12.8. The van der Waals surface area contributed by atoms with Crippen molar-refractivity contribution in [3.8, 4) is 0 Å². The van der Waals surface area contributed by atoms with E-state index in [1.165, 1.54) is 0 Å². The van der Waals surface area contributed by atoms with Crippen molar-refractivity contribution in [3.05, 3.63) is 29.6 Å². The Balaban J connectivity index is 1.84. The van der Waals surface area contributed by atoms with Crippen molar-refractivity contribution in [1.82, 2.24) is 29.9 Å². The molecule has 0 fully saturated rings. The van der Waals surface area contributed by atoms with E-state index in [9.17, 15) is 0 Å². The highest BCUT2D eigenvalue weighted by Gasteiger charge is 2.27. The monoisotopic (exact) mass is 290 g/mol. The van der Waals surface area contributed by atoms with E-state index in [4.69, 9.17) is 4.74 Å². The highest BCUT2D eigenvalue weighted by atomic mass is 16.5. The third-order valence-corrected chi connectivity index (χ3v) is 3.84. The first-order chi connectivity index (χ1) is 10.2. The summed E-state index contributed by atoms with van der Waals surface area (Å²) in [7, 11) is 3.66. The van der Waals surface area contributed by atoms with Gasteiger partial charge in [-0.2, -0.15) is 5.10 Å². The SMILES string of the molecule is COCC(C)Cc1nnc2n1CCNC2c1cnn(C)c1. The Labute approximate surface area is 124 Å². The van der Waals surface area contributed by atoms with Gasteiger partial charge in [0.25, 0.3) is 0 Å². The molecule has 7 heteroatoms. The molecular weight excluding hydrogens is 268 g/mol. The Morgan fingerprint density at radius 3 is 3.05 bits per heavy atom. The summed E-state index contributed by atoms with van der Waals surface area (Å²) < 4.78 is 9.26. The van der Waals surface area contributed by atoms with Gasteiger partial charge < -0.3 is 14.6 Å². The lowest BCUT2D eigenvalue weighted by Gasteiger charge is -2.24. The summed E-state index contributed by atoms with van der Waals surface area (Å²) in [6.07, 6.45) is 4.80. The van der Waals surface area contributed by atoms with Crippen molar-refractivity contribution >= 4 is 0 Å². The van der Waals surface area contributed by atoms with Crippen molar-refractivity contribution in [1.29, 1.82) is 0 Å². The summed E-state index contributed by atoms with van der Waals surface area (Å²) in [6, 6.07) is 0.0754. The van der Waals surface area contributed by atoms with E-state index in [-0.39, 0.29) is 6.04 Å². The lowest BCUT2D eigenvalue weighted by atomic mass is 10.1. The second-order valence-corrected chi connectivity index (χ2v) is 5.73. The van der Waals surface area contributed by atoms with E-state index in [0.29, 0.717) is 5.92 Å². The van der Waals surface area contributed by atoms with Gasteiger partial charge in [0.05, 0.1) is 12.2 Å². The van der Waals surface area contributed by atoms with Gasteiger partial charge in [-0.15, -0.1) is 10.2 Å². The average molecular weight is 290 g/mol.